The van der Waals surface area contributed by atoms with E-state index in [-0.39, 0.29) is 10.8 Å². The average molecular weight is 388 g/mol. The minimum atomic E-state index is -3.56. The minimum Gasteiger partial charge on any atom is -0.340 e. The first-order valence-electron chi connectivity index (χ1n) is 8.68. The first-order chi connectivity index (χ1) is 11.9. The number of amides is 1. The summed E-state index contributed by atoms with van der Waals surface area (Å²) in [5, 5.41) is 0.393. The molecule has 1 fully saturated rings. The van der Waals surface area contributed by atoms with Crippen LogP contribution in [-0.2, 0) is 14.8 Å². The minimum absolute atomic E-state index is 0.104. The molecular weight excluding hydrogens is 362 g/mol. The van der Waals surface area contributed by atoms with Gasteiger partial charge >= 0.3 is 0 Å². The number of piperazine rings is 1. The van der Waals surface area contributed by atoms with Crippen LogP contribution in [0.15, 0.2) is 29.2 Å². The Balaban J connectivity index is 1.83. The first kappa shape index (κ1) is 20.2. The summed E-state index contributed by atoms with van der Waals surface area (Å²) in [6.07, 6.45) is 4.43. The maximum atomic E-state index is 12.6. The van der Waals surface area contributed by atoms with Crippen LogP contribution < -0.4 is 5.73 Å². The van der Waals surface area contributed by atoms with Gasteiger partial charge in [-0.1, -0.05) is 30.5 Å². The molecule has 2 rings (SSSR count). The van der Waals surface area contributed by atoms with E-state index < -0.39 is 10.0 Å². The molecule has 1 amide bonds. The molecule has 6 nitrogen and oxygen atoms in total. The molecule has 0 aliphatic carbocycles. The molecule has 1 aliphatic heterocycles. The summed E-state index contributed by atoms with van der Waals surface area (Å²) in [4.78, 5) is 14.2. The van der Waals surface area contributed by atoms with E-state index in [1.165, 1.54) is 10.4 Å². The summed E-state index contributed by atoms with van der Waals surface area (Å²) >= 11 is 5.89. The zero-order chi connectivity index (χ0) is 18.3. The number of rotatable bonds is 8. The molecule has 0 atom stereocenters. The third-order valence-electron chi connectivity index (χ3n) is 4.37. The van der Waals surface area contributed by atoms with Crippen molar-refractivity contribution >= 4 is 27.5 Å². The lowest BCUT2D eigenvalue weighted by molar-refractivity contribution is -0.132. The van der Waals surface area contributed by atoms with Crippen LogP contribution in [0.5, 0.6) is 0 Å². The quantitative estimate of drug-likeness (QED) is 0.692. The molecule has 25 heavy (non-hydrogen) atoms. The van der Waals surface area contributed by atoms with E-state index in [9.17, 15) is 13.2 Å². The molecule has 2 N–H and O–H groups in total. The highest BCUT2D eigenvalue weighted by atomic mass is 35.5. The van der Waals surface area contributed by atoms with Crippen LogP contribution >= 0.6 is 11.6 Å². The molecular formula is C17H26ClN3O3S. The van der Waals surface area contributed by atoms with Crippen molar-refractivity contribution in [2.75, 3.05) is 32.7 Å². The number of nitrogens with zero attached hydrogens (tertiary/aromatic N) is 2. The number of hydrogen-bond acceptors (Lipinski definition) is 4. The van der Waals surface area contributed by atoms with E-state index in [4.69, 9.17) is 17.3 Å². The van der Waals surface area contributed by atoms with E-state index >= 15 is 0 Å². The van der Waals surface area contributed by atoms with Crippen LogP contribution in [0.1, 0.15) is 32.1 Å². The molecule has 0 spiro atoms. The van der Waals surface area contributed by atoms with Crippen LogP contribution in [0.3, 0.4) is 0 Å². The Morgan fingerprint density at radius 2 is 1.76 bits per heavy atom. The van der Waals surface area contributed by atoms with Crippen molar-refractivity contribution in [2.24, 2.45) is 5.73 Å². The maximum Gasteiger partial charge on any atom is 0.243 e. The maximum absolute atomic E-state index is 12.6. The first-order valence-corrected chi connectivity index (χ1v) is 10.5. The Morgan fingerprint density at radius 1 is 1.08 bits per heavy atom. The van der Waals surface area contributed by atoms with Crippen molar-refractivity contribution < 1.29 is 13.2 Å². The number of benzene rings is 1. The Hall–Kier alpha value is -1.15. The predicted molar refractivity (Wildman–Crippen MR) is 98.9 cm³/mol. The van der Waals surface area contributed by atoms with Gasteiger partial charge in [-0.3, -0.25) is 4.79 Å². The van der Waals surface area contributed by atoms with Crippen molar-refractivity contribution in [1.82, 2.24) is 9.21 Å². The van der Waals surface area contributed by atoms with Crippen molar-refractivity contribution in [3.63, 3.8) is 0 Å². The molecule has 140 valence electrons. The monoisotopic (exact) mass is 387 g/mol. The van der Waals surface area contributed by atoms with E-state index in [1.54, 1.807) is 23.1 Å². The van der Waals surface area contributed by atoms with Crippen LogP contribution in [0, 0.1) is 0 Å². The number of carbonyl (C=O) groups excluding carboxylic acids is 1. The molecule has 1 aromatic rings. The summed E-state index contributed by atoms with van der Waals surface area (Å²) in [5.74, 6) is 0.104. The highest BCUT2D eigenvalue weighted by Crippen LogP contribution is 2.21. The molecule has 0 bridgehead atoms. The zero-order valence-corrected chi connectivity index (χ0v) is 15.9. The van der Waals surface area contributed by atoms with Crippen molar-refractivity contribution in [2.45, 2.75) is 37.0 Å². The van der Waals surface area contributed by atoms with Gasteiger partial charge in [0.05, 0.1) is 4.90 Å². The lowest BCUT2D eigenvalue weighted by atomic mass is 10.1. The van der Waals surface area contributed by atoms with Crippen LogP contribution in [0.2, 0.25) is 5.02 Å². The second-order valence-electron chi connectivity index (χ2n) is 6.20. The third-order valence-corrected chi connectivity index (χ3v) is 6.50. The predicted octanol–water partition coefficient (Wildman–Crippen LogP) is 2.08. The van der Waals surface area contributed by atoms with Gasteiger partial charge in [0.15, 0.2) is 0 Å². The van der Waals surface area contributed by atoms with Crippen molar-refractivity contribution in [3.05, 3.63) is 29.3 Å². The van der Waals surface area contributed by atoms with Crippen molar-refractivity contribution in [3.8, 4) is 0 Å². The Labute approximate surface area is 155 Å². The smallest absolute Gasteiger partial charge is 0.243 e. The molecule has 8 heteroatoms. The highest BCUT2D eigenvalue weighted by Gasteiger charge is 2.29. The Morgan fingerprint density at radius 3 is 2.40 bits per heavy atom. The fourth-order valence-corrected chi connectivity index (χ4v) is 4.61. The SMILES string of the molecule is NCCCCCCC(=O)N1CCN(S(=O)(=O)c2cccc(Cl)c2)CC1. The van der Waals surface area contributed by atoms with Gasteiger partial charge in [-0.05, 0) is 37.6 Å². The van der Waals surface area contributed by atoms with Crippen LogP contribution in [0.4, 0.5) is 0 Å². The van der Waals surface area contributed by atoms with Gasteiger partial charge in [0.25, 0.3) is 0 Å². The number of carbonyl (C=O) groups is 1. The normalized spacial score (nSPS) is 16.2. The fraction of sp³-hybridized carbons (Fsp3) is 0.588. The number of unbranched alkanes of at least 4 members (excludes halogenated alkanes) is 3. The number of sulfonamides is 1. The lowest BCUT2D eigenvalue weighted by Gasteiger charge is -2.34. The van der Waals surface area contributed by atoms with Gasteiger partial charge < -0.3 is 10.6 Å². The molecule has 1 aliphatic rings. The fourth-order valence-electron chi connectivity index (χ4n) is 2.89. The van der Waals surface area contributed by atoms with Gasteiger partial charge in [-0.2, -0.15) is 4.31 Å². The zero-order valence-electron chi connectivity index (χ0n) is 14.4. The second kappa shape index (κ2) is 9.52. The van der Waals surface area contributed by atoms with Gasteiger partial charge in [0.1, 0.15) is 0 Å². The van der Waals surface area contributed by atoms with E-state index in [0.29, 0.717) is 44.2 Å². The molecule has 0 radical (unpaired) electrons. The van der Waals surface area contributed by atoms with E-state index in [0.717, 1.165) is 25.7 Å². The van der Waals surface area contributed by atoms with Gasteiger partial charge in [0, 0.05) is 37.6 Å². The summed E-state index contributed by atoms with van der Waals surface area (Å²) in [7, 11) is -3.56. The topological polar surface area (TPSA) is 83.7 Å². The standard InChI is InChI=1S/C17H26ClN3O3S/c18-15-6-5-7-16(14-15)25(23,24)21-12-10-20(11-13-21)17(22)8-3-1-2-4-9-19/h5-7,14H,1-4,8-13,19H2. The van der Waals surface area contributed by atoms with E-state index in [1.807, 2.05) is 0 Å². The Bertz CT molecular complexity index is 673. The Kier molecular flexibility index (Phi) is 7.68. The number of halogens is 1. The van der Waals surface area contributed by atoms with Gasteiger partial charge in [-0.15, -0.1) is 0 Å². The number of nitrogens with two attached hydrogens (primary N) is 1. The van der Waals surface area contributed by atoms with Crippen molar-refractivity contribution in [1.29, 1.82) is 0 Å². The van der Waals surface area contributed by atoms with Crippen LogP contribution in [-0.4, -0.2) is 56.3 Å². The largest absolute Gasteiger partial charge is 0.340 e. The summed E-state index contributed by atoms with van der Waals surface area (Å²) in [5.41, 5.74) is 5.45. The molecule has 0 unspecified atom stereocenters. The van der Waals surface area contributed by atoms with Gasteiger partial charge in [0.2, 0.25) is 15.9 Å². The summed E-state index contributed by atoms with van der Waals surface area (Å²) in [6, 6.07) is 6.26. The third kappa shape index (κ3) is 5.67. The van der Waals surface area contributed by atoms with Crippen LogP contribution in [0.25, 0.3) is 0 Å². The highest BCUT2D eigenvalue weighted by molar-refractivity contribution is 7.89. The summed E-state index contributed by atoms with van der Waals surface area (Å²) < 4.78 is 26.7. The van der Waals surface area contributed by atoms with E-state index in [2.05, 4.69) is 0 Å². The number of hydrogen-bond donors (Lipinski definition) is 1. The van der Waals surface area contributed by atoms with Gasteiger partial charge in [-0.25, -0.2) is 8.42 Å². The lowest BCUT2D eigenvalue weighted by Crippen LogP contribution is -2.50. The molecule has 1 aromatic carbocycles. The molecule has 0 saturated carbocycles. The molecule has 1 saturated heterocycles. The second-order valence-corrected chi connectivity index (χ2v) is 8.57. The molecule has 1 heterocycles. The summed E-state index contributed by atoms with van der Waals surface area (Å²) in [6.45, 7) is 2.18. The molecule has 0 aromatic heterocycles. The average Bonchev–Trinajstić information content (AvgIpc) is 2.61.